The molecule has 0 aliphatic heterocycles. The van der Waals surface area contributed by atoms with E-state index in [1.165, 1.54) is 6.07 Å². The van der Waals surface area contributed by atoms with Crippen molar-refractivity contribution >= 4 is 27.7 Å². The molecule has 0 fully saturated rings. The van der Waals surface area contributed by atoms with Crippen LogP contribution in [0.2, 0.25) is 0 Å². The number of hydrogen-bond acceptors (Lipinski definition) is 3. The zero-order valence-electron chi connectivity index (χ0n) is 10.8. The van der Waals surface area contributed by atoms with Crippen LogP contribution >= 0.6 is 15.9 Å². The number of hydrazine groups is 1. The summed E-state index contributed by atoms with van der Waals surface area (Å²) in [4.78, 5) is 23.0. The van der Waals surface area contributed by atoms with Gasteiger partial charge < -0.3 is 5.11 Å². The molecule has 1 aromatic carbocycles. The molecule has 0 aromatic heterocycles. The van der Waals surface area contributed by atoms with E-state index in [1.807, 2.05) is 10.9 Å². The van der Waals surface area contributed by atoms with E-state index in [0.717, 1.165) is 0 Å². The van der Waals surface area contributed by atoms with Crippen molar-refractivity contribution < 1.29 is 27.9 Å². The van der Waals surface area contributed by atoms with E-state index in [0.29, 0.717) is 11.4 Å². The number of nitrogens with one attached hydrogen (secondary N) is 2. The van der Waals surface area contributed by atoms with E-state index in [1.54, 1.807) is 18.2 Å². The minimum absolute atomic E-state index is 0.195. The van der Waals surface area contributed by atoms with Gasteiger partial charge in [-0.05, 0) is 35.0 Å². The van der Waals surface area contributed by atoms with Crippen LogP contribution in [0.4, 0.5) is 13.2 Å². The molecule has 3 N–H and O–H groups in total. The van der Waals surface area contributed by atoms with Gasteiger partial charge in [0.05, 0.1) is 12.0 Å². The maximum absolute atomic E-state index is 12.4. The number of rotatable bonds is 3. The molecule has 0 spiro atoms. The number of halogens is 4. The van der Waals surface area contributed by atoms with Crippen molar-refractivity contribution in [2.24, 2.45) is 0 Å². The number of carbonyl (C=O) groups is 2. The molecule has 9 heteroatoms. The van der Waals surface area contributed by atoms with E-state index < -0.39 is 30.0 Å². The maximum Gasteiger partial charge on any atom is 0.417 e. The fourth-order valence-corrected chi connectivity index (χ4v) is 1.76. The summed E-state index contributed by atoms with van der Waals surface area (Å²) >= 11 is 3.12. The number of aliphatic hydroxyl groups is 1. The Morgan fingerprint density at radius 2 is 1.81 bits per heavy atom. The van der Waals surface area contributed by atoms with Gasteiger partial charge in [0.25, 0.3) is 5.91 Å². The van der Waals surface area contributed by atoms with Crippen molar-refractivity contribution in [3.63, 3.8) is 0 Å². The van der Waals surface area contributed by atoms with Crippen molar-refractivity contribution in [3.05, 3.63) is 34.3 Å². The molecule has 0 aliphatic carbocycles. The molecule has 0 saturated carbocycles. The van der Waals surface area contributed by atoms with Crippen LogP contribution in [0.25, 0.3) is 0 Å². The van der Waals surface area contributed by atoms with Crippen LogP contribution in [-0.2, 0) is 4.79 Å². The Labute approximate surface area is 126 Å². The summed E-state index contributed by atoms with van der Waals surface area (Å²) in [6.45, 7) is 0.474. The lowest BCUT2D eigenvalue weighted by Crippen LogP contribution is -2.49. The Morgan fingerprint density at radius 1 is 1.24 bits per heavy atom. The van der Waals surface area contributed by atoms with Crippen LogP contribution < -0.4 is 10.9 Å². The van der Waals surface area contributed by atoms with Gasteiger partial charge in [-0.15, -0.1) is 0 Å². The smallest absolute Gasteiger partial charge is 0.380 e. The highest BCUT2D eigenvalue weighted by Crippen LogP contribution is 2.32. The predicted molar refractivity (Wildman–Crippen MR) is 71.0 cm³/mol. The van der Waals surface area contributed by atoms with Gasteiger partial charge in [-0.1, -0.05) is 12.1 Å². The largest absolute Gasteiger partial charge is 0.417 e. The molecule has 1 rings (SSSR count). The monoisotopic (exact) mass is 368 g/mol. The predicted octanol–water partition coefficient (Wildman–Crippen LogP) is 1.91. The van der Waals surface area contributed by atoms with Gasteiger partial charge >= 0.3 is 6.18 Å². The molecule has 0 unspecified atom stereocenters. The maximum atomic E-state index is 12.4. The first kappa shape index (κ1) is 17.4. The van der Waals surface area contributed by atoms with Gasteiger partial charge in [0.2, 0.25) is 5.91 Å². The zero-order valence-corrected chi connectivity index (χ0v) is 12.4. The number of alkyl halides is 3. The second kappa shape index (κ2) is 6.44. The molecule has 0 radical (unpaired) electrons. The Balaban J connectivity index is 2.58. The third-order valence-electron chi connectivity index (χ3n) is 2.55. The highest BCUT2D eigenvalue weighted by atomic mass is 79.9. The van der Waals surface area contributed by atoms with Crippen molar-refractivity contribution in [3.8, 4) is 0 Å². The number of hydrogen-bond donors (Lipinski definition) is 3. The first-order chi connectivity index (χ1) is 9.54. The Morgan fingerprint density at radius 3 is 2.33 bits per heavy atom. The Bertz CT molecular complexity index is 547. The second-order valence-electron chi connectivity index (χ2n) is 4.43. The molecular formula is C12H12BrF3N2O3. The van der Waals surface area contributed by atoms with Crippen molar-refractivity contribution in [2.45, 2.75) is 25.1 Å². The fraction of sp³-hybridized carbons (Fsp3) is 0.333. The molecule has 1 atom stereocenters. The number of benzene rings is 1. The molecule has 116 valence electrons. The van der Waals surface area contributed by atoms with E-state index in [2.05, 4.69) is 15.9 Å². The zero-order chi connectivity index (χ0) is 16.3. The van der Waals surface area contributed by atoms with Crippen LogP contribution in [0.1, 0.15) is 23.7 Å². The second-order valence-corrected chi connectivity index (χ2v) is 5.28. The molecular weight excluding hydrogens is 357 g/mol. The van der Waals surface area contributed by atoms with E-state index in [4.69, 9.17) is 5.11 Å². The molecule has 5 nitrogen and oxygen atoms in total. The van der Waals surface area contributed by atoms with Gasteiger partial charge in [-0.25, -0.2) is 0 Å². The average Bonchev–Trinajstić information content (AvgIpc) is 2.34. The van der Waals surface area contributed by atoms with Crippen LogP contribution in [0, 0.1) is 0 Å². The minimum atomic E-state index is -4.95. The summed E-state index contributed by atoms with van der Waals surface area (Å²) < 4.78 is 37.6. The van der Waals surface area contributed by atoms with Crippen molar-refractivity contribution in [1.82, 2.24) is 10.9 Å². The standard InChI is InChI=1S/C12H12BrF3N2O3/c1-11(21,12(14,15)16)6-9(19)17-18-10(20)7-4-2-3-5-8(7)13/h2-5,21H,6H2,1H3,(H,17,19)(H,18,20)/t11-/m1/s1. The summed E-state index contributed by atoms with van der Waals surface area (Å²) in [5.74, 6) is -1.87. The number of carbonyl (C=O) groups excluding carboxylic acids is 2. The van der Waals surface area contributed by atoms with Gasteiger partial charge in [0, 0.05) is 4.47 Å². The molecule has 0 bridgehead atoms. The first-order valence-corrected chi connectivity index (χ1v) is 6.47. The van der Waals surface area contributed by atoms with Crippen molar-refractivity contribution in [1.29, 1.82) is 0 Å². The van der Waals surface area contributed by atoms with E-state index in [9.17, 15) is 22.8 Å². The summed E-state index contributed by atoms with van der Waals surface area (Å²) in [5, 5.41) is 9.14. The highest BCUT2D eigenvalue weighted by Gasteiger charge is 2.51. The normalized spacial score (nSPS) is 14.2. The third-order valence-corrected chi connectivity index (χ3v) is 3.24. The fourth-order valence-electron chi connectivity index (χ4n) is 1.30. The Kier molecular flexibility index (Phi) is 5.35. The molecule has 2 amide bonds. The van der Waals surface area contributed by atoms with Gasteiger partial charge in [-0.3, -0.25) is 20.4 Å². The summed E-state index contributed by atoms with van der Waals surface area (Å²) in [6.07, 6.45) is -6.18. The van der Waals surface area contributed by atoms with Gasteiger partial charge in [0.15, 0.2) is 5.60 Å². The topological polar surface area (TPSA) is 78.4 Å². The molecule has 0 heterocycles. The quantitative estimate of drug-likeness (QED) is 0.713. The lowest BCUT2D eigenvalue weighted by atomic mass is 10.0. The third kappa shape index (κ3) is 4.71. The van der Waals surface area contributed by atoms with Crippen LogP contribution in [0.15, 0.2) is 28.7 Å². The number of amides is 2. The lowest BCUT2D eigenvalue weighted by molar-refractivity contribution is -0.253. The average molecular weight is 369 g/mol. The minimum Gasteiger partial charge on any atom is -0.380 e. The summed E-state index contributed by atoms with van der Waals surface area (Å²) in [7, 11) is 0. The molecule has 21 heavy (non-hydrogen) atoms. The summed E-state index contributed by atoms with van der Waals surface area (Å²) in [5.41, 5.74) is 0.807. The molecule has 0 saturated heterocycles. The Hall–Kier alpha value is -1.61. The highest BCUT2D eigenvalue weighted by molar-refractivity contribution is 9.10. The van der Waals surface area contributed by atoms with E-state index >= 15 is 0 Å². The molecule has 0 aliphatic rings. The summed E-state index contributed by atoms with van der Waals surface area (Å²) in [6, 6.07) is 6.29. The van der Waals surface area contributed by atoms with Crippen LogP contribution in [0.3, 0.4) is 0 Å². The van der Waals surface area contributed by atoms with Gasteiger partial charge in [0.1, 0.15) is 0 Å². The lowest BCUT2D eigenvalue weighted by Gasteiger charge is -2.25. The van der Waals surface area contributed by atoms with Crippen molar-refractivity contribution in [2.75, 3.05) is 0 Å². The first-order valence-electron chi connectivity index (χ1n) is 5.67. The van der Waals surface area contributed by atoms with E-state index in [-0.39, 0.29) is 5.56 Å². The van der Waals surface area contributed by atoms with Crippen LogP contribution in [-0.4, -0.2) is 28.7 Å². The molecule has 1 aromatic rings. The van der Waals surface area contributed by atoms with Gasteiger partial charge in [-0.2, -0.15) is 13.2 Å². The van der Waals surface area contributed by atoms with Crippen LogP contribution in [0.5, 0.6) is 0 Å². The SMILES string of the molecule is C[C@@](O)(CC(=O)NNC(=O)c1ccccc1Br)C(F)(F)F.